The average molecular weight is 452 g/mol. The average Bonchev–Trinajstić information content (AvgIpc) is 2.86. The Morgan fingerprint density at radius 1 is 1.06 bits per heavy atom. The second-order valence-corrected chi connectivity index (χ2v) is 7.98. The number of pyridine rings is 1. The lowest BCUT2D eigenvalue weighted by Gasteiger charge is -2.37. The zero-order valence-corrected chi connectivity index (χ0v) is 19.1. The number of anilines is 2. The highest BCUT2D eigenvalue weighted by atomic mass is 16.5. The first kappa shape index (κ1) is 22.6. The van der Waals surface area contributed by atoms with Crippen molar-refractivity contribution in [3.05, 3.63) is 48.2 Å². The van der Waals surface area contributed by atoms with Gasteiger partial charge in [0.1, 0.15) is 18.1 Å². The molecule has 2 aliphatic rings. The van der Waals surface area contributed by atoms with E-state index >= 15 is 0 Å². The first-order valence-corrected chi connectivity index (χ1v) is 11.3. The zero-order valence-electron chi connectivity index (χ0n) is 19.1. The van der Waals surface area contributed by atoms with E-state index in [1.165, 1.54) is 4.90 Å². The smallest absolute Gasteiger partial charge is 0.265 e. The standard InChI is InChI=1S/C24H29N5O4/c1-3-26(4-2)24(32)18-8-9-20-19(15-18)29(23(31)17-33-20)16-22(30)28-13-11-27(12-14-28)21-7-5-6-10-25-21/h5-10,15H,3-4,11-14,16-17H2,1-2H3. The van der Waals surface area contributed by atoms with Crippen molar-refractivity contribution in [3.63, 3.8) is 0 Å². The van der Waals surface area contributed by atoms with Crippen molar-refractivity contribution in [1.82, 2.24) is 14.8 Å². The third kappa shape index (κ3) is 4.76. The van der Waals surface area contributed by atoms with Crippen molar-refractivity contribution < 1.29 is 19.1 Å². The van der Waals surface area contributed by atoms with Crippen LogP contribution in [0.25, 0.3) is 0 Å². The molecule has 0 spiro atoms. The minimum Gasteiger partial charge on any atom is -0.482 e. The second kappa shape index (κ2) is 9.89. The van der Waals surface area contributed by atoms with Crippen molar-refractivity contribution in [3.8, 4) is 5.75 Å². The van der Waals surface area contributed by atoms with Crippen LogP contribution in [0.4, 0.5) is 11.5 Å². The van der Waals surface area contributed by atoms with Gasteiger partial charge in [-0.3, -0.25) is 19.3 Å². The van der Waals surface area contributed by atoms with Gasteiger partial charge in [-0.1, -0.05) is 6.07 Å². The number of rotatable bonds is 6. The van der Waals surface area contributed by atoms with Crippen molar-refractivity contribution in [1.29, 1.82) is 0 Å². The second-order valence-electron chi connectivity index (χ2n) is 7.98. The van der Waals surface area contributed by atoms with E-state index in [-0.39, 0.29) is 30.9 Å². The van der Waals surface area contributed by atoms with Gasteiger partial charge in [0, 0.05) is 51.0 Å². The summed E-state index contributed by atoms with van der Waals surface area (Å²) in [5.41, 5.74) is 0.932. The fourth-order valence-electron chi connectivity index (χ4n) is 4.16. The molecule has 1 fully saturated rings. The van der Waals surface area contributed by atoms with Gasteiger partial charge in [-0.05, 0) is 44.2 Å². The predicted molar refractivity (Wildman–Crippen MR) is 125 cm³/mol. The molecule has 3 heterocycles. The fraction of sp³-hybridized carbons (Fsp3) is 0.417. The highest BCUT2D eigenvalue weighted by Crippen LogP contribution is 2.33. The van der Waals surface area contributed by atoms with Crippen LogP contribution in [0.2, 0.25) is 0 Å². The quantitative estimate of drug-likeness (QED) is 0.664. The molecule has 9 nitrogen and oxygen atoms in total. The molecule has 0 N–H and O–H groups in total. The number of amides is 3. The summed E-state index contributed by atoms with van der Waals surface area (Å²) in [4.78, 5) is 50.0. The van der Waals surface area contributed by atoms with E-state index < -0.39 is 0 Å². The van der Waals surface area contributed by atoms with Crippen LogP contribution in [0.15, 0.2) is 42.6 Å². The molecule has 1 aromatic carbocycles. The van der Waals surface area contributed by atoms with Crippen LogP contribution in [0, 0.1) is 0 Å². The topological polar surface area (TPSA) is 86.3 Å². The number of ether oxygens (including phenoxy) is 1. The summed E-state index contributed by atoms with van der Waals surface area (Å²) in [6.07, 6.45) is 1.76. The molecular formula is C24H29N5O4. The molecular weight excluding hydrogens is 422 g/mol. The number of hydrogen-bond acceptors (Lipinski definition) is 6. The lowest BCUT2D eigenvalue weighted by Crippen LogP contribution is -2.53. The summed E-state index contributed by atoms with van der Waals surface area (Å²) in [6, 6.07) is 10.8. The lowest BCUT2D eigenvalue weighted by atomic mass is 10.1. The molecule has 9 heteroatoms. The minimum atomic E-state index is -0.296. The van der Waals surface area contributed by atoms with Gasteiger partial charge >= 0.3 is 0 Å². The first-order chi connectivity index (χ1) is 16.0. The van der Waals surface area contributed by atoms with Crippen LogP contribution in [0.5, 0.6) is 5.75 Å². The third-order valence-corrected chi connectivity index (χ3v) is 6.10. The van der Waals surface area contributed by atoms with Gasteiger partial charge in [0.05, 0.1) is 5.69 Å². The van der Waals surface area contributed by atoms with Gasteiger partial charge in [0.2, 0.25) is 5.91 Å². The number of piperazine rings is 1. The molecule has 0 saturated carbocycles. The van der Waals surface area contributed by atoms with E-state index in [1.54, 1.807) is 34.2 Å². The Morgan fingerprint density at radius 3 is 2.48 bits per heavy atom. The summed E-state index contributed by atoms with van der Waals surface area (Å²) in [5, 5.41) is 0. The van der Waals surface area contributed by atoms with E-state index in [4.69, 9.17) is 4.74 Å². The Labute approximate surface area is 193 Å². The van der Waals surface area contributed by atoms with Crippen LogP contribution >= 0.6 is 0 Å². The van der Waals surface area contributed by atoms with Gasteiger partial charge in [0.25, 0.3) is 11.8 Å². The minimum absolute atomic E-state index is 0.0817. The van der Waals surface area contributed by atoms with Crippen LogP contribution in [-0.4, -0.2) is 84.9 Å². The number of fused-ring (bicyclic) bond motifs is 1. The van der Waals surface area contributed by atoms with Crippen LogP contribution in [0.3, 0.4) is 0 Å². The van der Waals surface area contributed by atoms with Gasteiger partial charge in [-0.25, -0.2) is 4.98 Å². The van der Waals surface area contributed by atoms with Crippen LogP contribution < -0.4 is 14.5 Å². The van der Waals surface area contributed by atoms with Gasteiger partial charge < -0.3 is 19.4 Å². The summed E-state index contributed by atoms with van der Waals surface area (Å²) in [6.45, 7) is 7.29. The van der Waals surface area contributed by atoms with E-state index in [2.05, 4.69) is 9.88 Å². The molecule has 2 aliphatic heterocycles. The molecule has 0 aliphatic carbocycles. The fourth-order valence-corrected chi connectivity index (χ4v) is 4.16. The van der Waals surface area contributed by atoms with E-state index in [9.17, 15) is 14.4 Å². The van der Waals surface area contributed by atoms with Crippen molar-refractivity contribution in [2.75, 3.05) is 62.2 Å². The van der Waals surface area contributed by atoms with Gasteiger partial charge in [0.15, 0.2) is 6.61 Å². The highest BCUT2D eigenvalue weighted by Gasteiger charge is 2.31. The molecule has 0 radical (unpaired) electrons. The Morgan fingerprint density at radius 2 is 1.82 bits per heavy atom. The number of carbonyl (C=O) groups is 3. The maximum atomic E-state index is 13.1. The summed E-state index contributed by atoms with van der Waals surface area (Å²) in [7, 11) is 0. The molecule has 1 aromatic heterocycles. The first-order valence-electron chi connectivity index (χ1n) is 11.3. The monoisotopic (exact) mass is 451 g/mol. The van der Waals surface area contributed by atoms with Gasteiger partial charge in [-0.15, -0.1) is 0 Å². The Hall–Kier alpha value is -3.62. The SMILES string of the molecule is CCN(CC)C(=O)c1ccc2c(c1)N(CC(=O)N1CCN(c3ccccn3)CC1)C(=O)CO2. The molecule has 4 rings (SSSR count). The maximum absolute atomic E-state index is 13.1. The number of carbonyl (C=O) groups excluding carboxylic acids is 3. The Balaban J connectivity index is 1.46. The number of benzene rings is 1. The Bertz CT molecular complexity index is 1020. The van der Waals surface area contributed by atoms with Crippen molar-refractivity contribution >= 4 is 29.2 Å². The van der Waals surface area contributed by atoms with Crippen molar-refractivity contribution in [2.24, 2.45) is 0 Å². The lowest BCUT2D eigenvalue weighted by molar-refractivity contribution is -0.132. The van der Waals surface area contributed by atoms with Crippen LogP contribution in [0.1, 0.15) is 24.2 Å². The van der Waals surface area contributed by atoms with E-state index in [1.807, 2.05) is 32.0 Å². The third-order valence-electron chi connectivity index (χ3n) is 6.10. The number of hydrogen-bond donors (Lipinski definition) is 0. The summed E-state index contributed by atoms with van der Waals surface area (Å²) in [5.74, 6) is 0.858. The normalized spacial score (nSPS) is 15.7. The molecule has 33 heavy (non-hydrogen) atoms. The predicted octanol–water partition coefficient (Wildman–Crippen LogP) is 1.64. The molecule has 1 saturated heterocycles. The maximum Gasteiger partial charge on any atom is 0.265 e. The summed E-state index contributed by atoms with van der Waals surface area (Å²) < 4.78 is 5.55. The molecule has 2 aromatic rings. The van der Waals surface area contributed by atoms with Crippen molar-refractivity contribution in [2.45, 2.75) is 13.8 Å². The van der Waals surface area contributed by atoms with E-state index in [0.29, 0.717) is 56.3 Å². The Kier molecular flexibility index (Phi) is 6.76. The van der Waals surface area contributed by atoms with Crippen LogP contribution in [-0.2, 0) is 9.59 Å². The molecule has 3 amide bonds. The van der Waals surface area contributed by atoms with E-state index in [0.717, 1.165) is 5.82 Å². The summed E-state index contributed by atoms with van der Waals surface area (Å²) >= 11 is 0. The number of nitrogens with zero attached hydrogens (tertiary/aromatic N) is 5. The van der Waals surface area contributed by atoms with Gasteiger partial charge in [-0.2, -0.15) is 0 Å². The molecule has 0 bridgehead atoms. The molecule has 174 valence electrons. The number of aromatic nitrogens is 1. The highest BCUT2D eigenvalue weighted by molar-refractivity contribution is 6.04. The molecule has 0 atom stereocenters. The molecule has 0 unspecified atom stereocenters. The largest absolute Gasteiger partial charge is 0.482 e. The zero-order chi connectivity index (χ0) is 23.4.